The Hall–Kier alpha value is -1.23. The number of ether oxygens (including phenoxy) is 1. The van der Waals surface area contributed by atoms with Crippen LogP contribution in [0.2, 0.25) is 0 Å². The Morgan fingerprint density at radius 3 is 2.84 bits per heavy atom. The Morgan fingerprint density at radius 2 is 2.21 bits per heavy atom. The van der Waals surface area contributed by atoms with Crippen LogP contribution in [0, 0.1) is 0 Å². The molecular formula is C14H22N2O2S. The normalized spacial score (nSPS) is 11.2. The van der Waals surface area contributed by atoms with E-state index in [1.807, 2.05) is 18.7 Å². The number of carbonyl (C=O) groups excluding carboxylic acids is 1. The van der Waals surface area contributed by atoms with Crippen LogP contribution in [0.5, 0.6) is 5.88 Å². The number of rotatable bonds is 6. The van der Waals surface area contributed by atoms with E-state index in [1.165, 1.54) is 0 Å². The summed E-state index contributed by atoms with van der Waals surface area (Å²) in [4.78, 5) is 16.0. The third-order valence-electron chi connectivity index (χ3n) is 2.21. The standard InChI is InChI=1S/C14H22N2O2S/c1-5-18-12-10-11(6-7-15-12)13(17)16-8-9-19-14(2,3)4/h6-7,10H,5,8-9H2,1-4H3,(H,16,17). The van der Waals surface area contributed by atoms with Crippen molar-refractivity contribution in [3.05, 3.63) is 23.9 Å². The summed E-state index contributed by atoms with van der Waals surface area (Å²) in [5.41, 5.74) is 0.583. The fraction of sp³-hybridized carbons (Fsp3) is 0.571. The van der Waals surface area contributed by atoms with Gasteiger partial charge in [0, 0.05) is 34.9 Å². The fourth-order valence-electron chi connectivity index (χ4n) is 1.40. The van der Waals surface area contributed by atoms with Crippen LogP contribution in [-0.2, 0) is 0 Å². The molecule has 0 saturated carbocycles. The Balaban J connectivity index is 2.43. The third kappa shape index (κ3) is 6.47. The minimum Gasteiger partial charge on any atom is -0.478 e. The first-order valence-corrected chi connectivity index (χ1v) is 7.42. The molecule has 1 heterocycles. The number of thioether (sulfide) groups is 1. The van der Waals surface area contributed by atoms with Gasteiger partial charge in [0.1, 0.15) is 0 Å². The van der Waals surface area contributed by atoms with Gasteiger partial charge in [0.15, 0.2) is 0 Å². The minimum absolute atomic E-state index is 0.0853. The van der Waals surface area contributed by atoms with E-state index in [0.717, 1.165) is 5.75 Å². The monoisotopic (exact) mass is 282 g/mol. The number of nitrogens with one attached hydrogen (secondary N) is 1. The molecule has 4 nitrogen and oxygen atoms in total. The molecule has 0 spiro atoms. The largest absolute Gasteiger partial charge is 0.478 e. The van der Waals surface area contributed by atoms with Crippen molar-refractivity contribution < 1.29 is 9.53 Å². The van der Waals surface area contributed by atoms with E-state index >= 15 is 0 Å². The lowest BCUT2D eigenvalue weighted by atomic mass is 10.2. The molecule has 0 bridgehead atoms. The molecule has 5 heteroatoms. The smallest absolute Gasteiger partial charge is 0.251 e. The molecule has 19 heavy (non-hydrogen) atoms. The van der Waals surface area contributed by atoms with Gasteiger partial charge in [-0.3, -0.25) is 4.79 Å². The molecule has 1 N–H and O–H groups in total. The van der Waals surface area contributed by atoms with Crippen LogP contribution in [0.15, 0.2) is 18.3 Å². The van der Waals surface area contributed by atoms with Crippen molar-refractivity contribution in [1.82, 2.24) is 10.3 Å². The molecule has 0 atom stereocenters. The lowest BCUT2D eigenvalue weighted by Gasteiger charge is -2.17. The van der Waals surface area contributed by atoms with Gasteiger partial charge in [0.05, 0.1) is 6.61 Å². The molecule has 1 aromatic rings. The Kier molecular flexibility index (Phi) is 6.15. The van der Waals surface area contributed by atoms with E-state index < -0.39 is 0 Å². The van der Waals surface area contributed by atoms with Crippen molar-refractivity contribution in [3.63, 3.8) is 0 Å². The molecule has 0 aromatic carbocycles. The molecule has 0 unspecified atom stereocenters. The number of nitrogens with zero attached hydrogens (tertiary/aromatic N) is 1. The van der Waals surface area contributed by atoms with E-state index in [9.17, 15) is 4.79 Å². The van der Waals surface area contributed by atoms with Crippen molar-refractivity contribution in [1.29, 1.82) is 0 Å². The summed E-state index contributed by atoms with van der Waals surface area (Å²) in [6.07, 6.45) is 1.59. The SMILES string of the molecule is CCOc1cc(C(=O)NCCSC(C)(C)C)ccn1. The molecule has 0 fully saturated rings. The van der Waals surface area contributed by atoms with E-state index in [2.05, 4.69) is 31.1 Å². The molecule has 0 saturated heterocycles. The molecular weight excluding hydrogens is 260 g/mol. The number of pyridine rings is 1. The first-order chi connectivity index (χ1) is 8.92. The second kappa shape index (κ2) is 7.38. The van der Waals surface area contributed by atoms with E-state index in [4.69, 9.17) is 4.74 Å². The molecule has 1 rings (SSSR count). The summed E-state index contributed by atoms with van der Waals surface area (Å²) in [6, 6.07) is 3.35. The second-order valence-corrected chi connectivity index (χ2v) is 6.95. The minimum atomic E-state index is -0.0853. The zero-order valence-electron chi connectivity index (χ0n) is 12.0. The van der Waals surface area contributed by atoms with Crippen molar-refractivity contribution in [2.45, 2.75) is 32.4 Å². The Bertz CT molecular complexity index is 416. The first kappa shape index (κ1) is 15.8. The summed E-state index contributed by atoms with van der Waals surface area (Å²) in [5.74, 6) is 1.30. The molecule has 106 valence electrons. The van der Waals surface area contributed by atoms with Crippen molar-refractivity contribution in [2.24, 2.45) is 0 Å². The van der Waals surface area contributed by atoms with Gasteiger partial charge in [-0.05, 0) is 13.0 Å². The van der Waals surface area contributed by atoms with Crippen LogP contribution in [0.25, 0.3) is 0 Å². The van der Waals surface area contributed by atoms with Gasteiger partial charge >= 0.3 is 0 Å². The zero-order chi connectivity index (χ0) is 14.3. The predicted octanol–water partition coefficient (Wildman–Crippen LogP) is 2.74. The average molecular weight is 282 g/mol. The molecule has 0 aliphatic carbocycles. The van der Waals surface area contributed by atoms with E-state index in [0.29, 0.717) is 24.6 Å². The second-order valence-electron chi connectivity index (χ2n) is 5.03. The van der Waals surface area contributed by atoms with Crippen molar-refractivity contribution >= 4 is 17.7 Å². The summed E-state index contributed by atoms with van der Waals surface area (Å²) in [7, 11) is 0. The molecule has 0 radical (unpaired) electrons. The predicted molar refractivity (Wildman–Crippen MR) is 80.0 cm³/mol. The Morgan fingerprint density at radius 1 is 1.47 bits per heavy atom. The number of amides is 1. The van der Waals surface area contributed by atoms with Crippen LogP contribution in [0.1, 0.15) is 38.1 Å². The van der Waals surface area contributed by atoms with Crippen molar-refractivity contribution in [2.75, 3.05) is 18.9 Å². The molecule has 1 amide bonds. The summed E-state index contributed by atoms with van der Waals surface area (Å²) < 4.78 is 5.50. The van der Waals surface area contributed by atoms with E-state index in [1.54, 1.807) is 18.3 Å². The van der Waals surface area contributed by atoms with Gasteiger partial charge in [-0.15, -0.1) is 0 Å². The summed E-state index contributed by atoms with van der Waals surface area (Å²) >= 11 is 1.83. The maximum absolute atomic E-state index is 11.9. The van der Waals surface area contributed by atoms with Gasteiger partial charge in [-0.25, -0.2) is 4.98 Å². The number of hydrogen-bond acceptors (Lipinski definition) is 4. The van der Waals surface area contributed by atoms with Crippen LogP contribution in [0.4, 0.5) is 0 Å². The quantitative estimate of drug-likeness (QED) is 0.815. The third-order valence-corrected chi connectivity index (χ3v) is 3.49. The summed E-state index contributed by atoms with van der Waals surface area (Å²) in [5, 5.41) is 2.90. The highest BCUT2D eigenvalue weighted by Gasteiger charge is 2.11. The highest BCUT2D eigenvalue weighted by atomic mass is 32.2. The maximum atomic E-state index is 11.9. The lowest BCUT2D eigenvalue weighted by molar-refractivity contribution is 0.0955. The van der Waals surface area contributed by atoms with E-state index in [-0.39, 0.29) is 10.7 Å². The maximum Gasteiger partial charge on any atom is 0.251 e. The highest BCUT2D eigenvalue weighted by Crippen LogP contribution is 2.22. The number of aromatic nitrogens is 1. The number of hydrogen-bond donors (Lipinski definition) is 1. The highest BCUT2D eigenvalue weighted by molar-refractivity contribution is 8.00. The Labute approximate surface area is 119 Å². The van der Waals surface area contributed by atoms with Gasteiger partial charge < -0.3 is 10.1 Å². The average Bonchev–Trinajstić information content (AvgIpc) is 2.34. The van der Waals surface area contributed by atoms with Gasteiger partial charge in [0.2, 0.25) is 5.88 Å². The van der Waals surface area contributed by atoms with Crippen LogP contribution >= 0.6 is 11.8 Å². The van der Waals surface area contributed by atoms with Gasteiger partial charge in [-0.2, -0.15) is 11.8 Å². The van der Waals surface area contributed by atoms with Crippen LogP contribution in [0.3, 0.4) is 0 Å². The molecule has 0 aliphatic heterocycles. The van der Waals surface area contributed by atoms with Crippen LogP contribution < -0.4 is 10.1 Å². The first-order valence-electron chi connectivity index (χ1n) is 6.43. The van der Waals surface area contributed by atoms with Gasteiger partial charge in [-0.1, -0.05) is 20.8 Å². The fourth-order valence-corrected chi connectivity index (χ4v) is 2.22. The summed E-state index contributed by atoms with van der Waals surface area (Å²) in [6.45, 7) is 9.58. The molecule has 0 aliphatic rings. The lowest BCUT2D eigenvalue weighted by Crippen LogP contribution is -2.27. The van der Waals surface area contributed by atoms with Gasteiger partial charge in [0.25, 0.3) is 5.91 Å². The number of carbonyl (C=O) groups is 1. The van der Waals surface area contributed by atoms with Crippen molar-refractivity contribution in [3.8, 4) is 5.88 Å². The molecule has 1 aromatic heterocycles. The zero-order valence-corrected chi connectivity index (χ0v) is 12.8. The van der Waals surface area contributed by atoms with Crippen LogP contribution in [-0.4, -0.2) is 34.5 Å². The topological polar surface area (TPSA) is 51.2 Å².